The van der Waals surface area contributed by atoms with Crippen molar-refractivity contribution in [2.24, 2.45) is 5.41 Å². The quantitative estimate of drug-likeness (QED) is 0.723. The average Bonchev–Trinajstić information content (AvgIpc) is 2.53. The molecule has 1 aromatic heterocycles. The predicted molar refractivity (Wildman–Crippen MR) is 85.6 cm³/mol. The fraction of sp³-hybridized carbons (Fsp3) is 0.375. The van der Waals surface area contributed by atoms with Gasteiger partial charge in [-0.2, -0.15) is 8.42 Å². The van der Waals surface area contributed by atoms with Gasteiger partial charge in [0.25, 0.3) is 10.1 Å². The van der Waals surface area contributed by atoms with E-state index in [1.54, 1.807) is 18.3 Å². The fourth-order valence-corrected chi connectivity index (χ4v) is 2.76. The standard InChI is InChI=1S/C16H20N2O4S/c1-13-4-6-14(7-5-13)23(19,20)22-12-16(2,3)11-21-15-10-17-8-9-18-15/h4-10H,11-12H2,1-3H3. The van der Waals surface area contributed by atoms with Crippen LogP contribution in [0.2, 0.25) is 0 Å². The number of aryl methyl sites for hydroxylation is 1. The third-order valence-electron chi connectivity index (χ3n) is 3.06. The maximum absolute atomic E-state index is 12.2. The highest BCUT2D eigenvalue weighted by molar-refractivity contribution is 7.86. The van der Waals surface area contributed by atoms with Crippen molar-refractivity contribution in [1.82, 2.24) is 9.97 Å². The molecule has 0 bridgehead atoms. The third-order valence-corrected chi connectivity index (χ3v) is 4.34. The Morgan fingerprint density at radius 2 is 1.78 bits per heavy atom. The molecule has 6 nitrogen and oxygen atoms in total. The number of hydrogen-bond acceptors (Lipinski definition) is 6. The molecule has 7 heteroatoms. The van der Waals surface area contributed by atoms with Crippen molar-refractivity contribution in [2.75, 3.05) is 13.2 Å². The lowest BCUT2D eigenvalue weighted by molar-refractivity contribution is 0.111. The molecule has 0 radical (unpaired) electrons. The normalized spacial score (nSPS) is 12.1. The molecule has 0 fully saturated rings. The molecule has 2 rings (SSSR count). The van der Waals surface area contributed by atoms with Crippen LogP contribution in [-0.4, -0.2) is 31.6 Å². The van der Waals surface area contributed by atoms with Crippen molar-refractivity contribution < 1.29 is 17.3 Å². The first-order chi connectivity index (χ1) is 10.8. The zero-order valence-corrected chi connectivity index (χ0v) is 14.2. The Bertz CT molecular complexity index is 728. The first-order valence-electron chi connectivity index (χ1n) is 7.13. The van der Waals surface area contributed by atoms with Gasteiger partial charge >= 0.3 is 0 Å². The maximum atomic E-state index is 12.2. The summed E-state index contributed by atoms with van der Waals surface area (Å²) in [5.74, 6) is 0.391. The first-order valence-corrected chi connectivity index (χ1v) is 8.54. The molecule has 0 amide bonds. The highest BCUT2D eigenvalue weighted by Gasteiger charge is 2.25. The molecule has 124 valence electrons. The van der Waals surface area contributed by atoms with Gasteiger partial charge < -0.3 is 4.74 Å². The van der Waals surface area contributed by atoms with E-state index in [0.717, 1.165) is 5.56 Å². The zero-order valence-electron chi connectivity index (χ0n) is 13.4. The largest absolute Gasteiger partial charge is 0.476 e. The Morgan fingerprint density at radius 1 is 1.09 bits per heavy atom. The summed E-state index contributed by atoms with van der Waals surface area (Å²) in [6, 6.07) is 6.54. The molecular formula is C16H20N2O4S. The fourth-order valence-electron chi connectivity index (χ4n) is 1.68. The number of nitrogens with zero attached hydrogens (tertiary/aromatic N) is 2. The Morgan fingerprint density at radius 3 is 2.39 bits per heavy atom. The molecule has 0 atom stereocenters. The molecule has 2 aromatic rings. The summed E-state index contributed by atoms with van der Waals surface area (Å²) >= 11 is 0. The molecule has 0 saturated heterocycles. The van der Waals surface area contributed by atoms with E-state index in [1.165, 1.54) is 24.5 Å². The summed E-state index contributed by atoms with van der Waals surface area (Å²) in [6.45, 7) is 5.87. The van der Waals surface area contributed by atoms with Crippen LogP contribution in [0.1, 0.15) is 19.4 Å². The van der Waals surface area contributed by atoms with Crippen molar-refractivity contribution in [3.05, 3.63) is 48.4 Å². The summed E-state index contributed by atoms with van der Waals surface area (Å²) in [7, 11) is -3.78. The van der Waals surface area contributed by atoms with Crippen LogP contribution in [0.5, 0.6) is 5.88 Å². The van der Waals surface area contributed by atoms with Gasteiger partial charge in [0.05, 0.1) is 24.3 Å². The second-order valence-corrected chi connectivity index (χ2v) is 7.64. The van der Waals surface area contributed by atoms with Gasteiger partial charge in [0.1, 0.15) is 0 Å². The molecule has 0 spiro atoms. The molecule has 0 unspecified atom stereocenters. The Kier molecular flexibility index (Phi) is 5.33. The molecular weight excluding hydrogens is 316 g/mol. The van der Waals surface area contributed by atoms with E-state index >= 15 is 0 Å². The van der Waals surface area contributed by atoms with E-state index in [0.29, 0.717) is 5.88 Å². The minimum Gasteiger partial charge on any atom is -0.476 e. The van der Waals surface area contributed by atoms with Gasteiger partial charge in [-0.25, -0.2) is 4.98 Å². The monoisotopic (exact) mass is 336 g/mol. The van der Waals surface area contributed by atoms with Gasteiger partial charge in [-0.3, -0.25) is 9.17 Å². The van der Waals surface area contributed by atoms with E-state index < -0.39 is 15.5 Å². The van der Waals surface area contributed by atoms with Crippen LogP contribution in [0.4, 0.5) is 0 Å². The summed E-state index contributed by atoms with van der Waals surface area (Å²) < 4.78 is 35.0. The molecule has 23 heavy (non-hydrogen) atoms. The SMILES string of the molecule is Cc1ccc(S(=O)(=O)OCC(C)(C)COc2cnccn2)cc1. The Hall–Kier alpha value is -1.99. The highest BCUT2D eigenvalue weighted by atomic mass is 32.2. The second kappa shape index (κ2) is 7.06. The minimum absolute atomic E-state index is 0.00344. The maximum Gasteiger partial charge on any atom is 0.296 e. The summed E-state index contributed by atoms with van der Waals surface area (Å²) in [5, 5.41) is 0. The topological polar surface area (TPSA) is 78.4 Å². The minimum atomic E-state index is -3.78. The van der Waals surface area contributed by atoms with Gasteiger partial charge in [-0.05, 0) is 19.1 Å². The zero-order chi connectivity index (χ0) is 16.9. The molecule has 0 N–H and O–H groups in total. The van der Waals surface area contributed by atoms with Crippen LogP contribution >= 0.6 is 0 Å². The van der Waals surface area contributed by atoms with Crippen LogP contribution in [0.3, 0.4) is 0 Å². The Labute approximate surface area is 136 Å². The van der Waals surface area contributed by atoms with Gasteiger partial charge in [0.2, 0.25) is 5.88 Å². The van der Waals surface area contributed by atoms with E-state index in [4.69, 9.17) is 8.92 Å². The van der Waals surface area contributed by atoms with Gasteiger partial charge in [-0.1, -0.05) is 31.5 Å². The predicted octanol–water partition coefficient (Wildman–Crippen LogP) is 2.60. The molecule has 1 heterocycles. The van der Waals surface area contributed by atoms with Crippen molar-refractivity contribution >= 4 is 10.1 Å². The van der Waals surface area contributed by atoms with Gasteiger partial charge in [0.15, 0.2) is 0 Å². The summed E-state index contributed by atoms with van der Waals surface area (Å²) in [4.78, 5) is 8.05. The lowest BCUT2D eigenvalue weighted by Gasteiger charge is -2.23. The first kappa shape index (κ1) is 17.4. The van der Waals surface area contributed by atoms with Gasteiger partial charge in [0, 0.05) is 17.8 Å². The van der Waals surface area contributed by atoms with Crippen molar-refractivity contribution in [3.8, 4) is 5.88 Å². The molecule has 0 saturated carbocycles. The summed E-state index contributed by atoms with van der Waals surface area (Å²) in [5.41, 5.74) is 0.483. The van der Waals surface area contributed by atoms with Crippen LogP contribution < -0.4 is 4.74 Å². The van der Waals surface area contributed by atoms with Gasteiger partial charge in [-0.15, -0.1) is 0 Å². The third kappa shape index (κ3) is 5.30. The van der Waals surface area contributed by atoms with Crippen molar-refractivity contribution in [3.63, 3.8) is 0 Å². The number of rotatable bonds is 7. The molecule has 0 aliphatic heterocycles. The van der Waals surface area contributed by atoms with Crippen molar-refractivity contribution in [2.45, 2.75) is 25.7 Å². The van der Waals surface area contributed by atoms with Crippen LogP contribution in [-0.2, 0) is 14.3 Å². The van der Waals surface area contributed by atoms with Crippen LogP contribution in [0, 0.1) is 12.3 Å². The summed E-state index contributed by atoms with van der Waals surface area (Å²) in [6.07, 6.45) is 4.58. The van der Waals surface area contributed by atoms with E-state index in [-0.39, 0.29) is 18.1 Å². The van der Waals surface area contributed by atoms with E-state index in [9.17, 15) is 8.42 Å². The lowest BCUT2D eigenvalue weighted by Crippen LogP contribution is -2.29. The smallest absolute Gasteiger partial charge is 0.296 e. The molecule has 0 aliphatic carbocycles. The van der Waals surface area contributed by atoms with Crippen molar-refractivity contribution in [1.29, 1.82) is 0 Å². The number of aromatic nitrogens is 2. The highest BCUT2D eigenvalue weighted by Crippen LogP contribution is 2.21. The van der Waals surface area contributed by atoms with Crippen LogP contribution in [0.15, 0.2) is 47.8 Å². The van der Waals surface area contributed by atoms with E-state index in [2.05, 4.69) is 9.97 Å². The number of ether oxygens (including phenoxy) is 1. The molecule has 1 aromatic carbocycles. The average molecular weight is 336 g/mol. The lowest BCUT2D eigenvalue weighted by atomic mass is 9.97. The van der Waals surface area contributed by atoms with Crippen LogP contribution in [0.25, 0.3) is 0 Å². The second-order valence-electron chi connectivity index (χ2n) is 6.03. The molecule has 0 aliphatic rings. The number of benzene rings is 1. The van der Waals surface area contributed by atoms with E-state index in [1.807, 2.05) is 20.8 Å². The Balaban J connectivity index is 1.93. The number of hydrogen-bond donors (Lipinski definition) is 0.